The van der Waals surface area contributed by atoms with Crippen LogP contribution in [0, 0.1) is 38.3 Å². The zero-order chi connectivity index (χ0) is 30.1. The van der Waals surface area contributed by atoms with E-state index < -0.39 is 0 Å². The van der Waals surface area contributed by atoms with E-state index in [9.17, 15) is 0 Å². The third-order valence-corrected chi connectivity index (χ3v) is 7.49. The number of rotatable bonds is 3. The van der Waals surface area contributed by atoms with E-state index in [4.69, 9.17) is 14.4 Å². The van der Waals surface area contributed by atoms with Gasteiger partial charge in [-0.3, -0.25) is 0 Å². The molecule has 223 valence electrons. The van der Waals surface area contributed by atoms with Crippen molar-refractivity contribution in [3.05, 3.63) is 126 Å². The van der Waals surface area contributed by atoms with E-state index in [0.717, 1.165) is 67.5 Å². The van der Waals surface area contributed by atoms with Crippen molar-refractivity contribution >= 4 is 32.8 Å². The van der Waals surface area contributed by atoms with E-state index in [0.29, 0.717) is 0 Å². The molecule has 0 saturated carbocycles. The van der Waals surface area contributed by atoms with E-state index in [-0.39, 0.29) is 25.5 Å². The number of aromatic nitrogens is 3. The maximum absolute atomic E-state index is 6.44. The molecule has 4 nitrogen and oxygen atoms in total. The summed E-state index contributed by atoms with van der Waals surface area (Å²) in [6.45, 7) is 13.0. The molecule has 4 heterocycles. The summed E-state index contributed by atoms with van der Waals surface area (Å²) in [6.07, 6.45) is 4.83. The minimum atomic E-state index is 0. The summed E-state index contributed by atoms with van der Waals surface area (Å²) in [6, 6.07) is 33.0. The largest absolute Gasteiger partial charge is 0.498 e. The van der Waals surface area contributed by atoms with E-state index in [2.05, 4.69) is 81.2 Å². The summed E-state index contributed by atoms with van der Waals surface area (Å²) in [7, 11) is 0. The molecule has 7 aromatic rings. The fraction of sp³-hybridized carbons (Fsp3) is 0.205. The fourth-order valence-electron chi connectivity index (χ4n) is 5.31. The second-order valence-electron chi connectivity index (χ2n) is 12.4. The summed E-state index contributed by atoms with van der Waals surface area (Å²) in [4.78, 5) is 13.8. The summed E-state index contributed by atoms with van der Waals surface area (Å²) in [5, 5.41) is 3.23. The Morgan fingerprint density at radius 1 is 0.750 bits per heavy atom. The standard InChI is InChI=1S/C27H25N2O.C12H10N.Ir/c1-16-15-28-23(13-19(16)14-27(3,4)5)22-8-6-7-20-21-12-11-18-10-9-17(2)29-24(18)26(21)30-25(20)22;1-10-7-8-12(13-9-10)11-5-3-2-4-6-11;/h6-7,9-13,15H,14H2,1-5H3;2-5,7-9H,1H3;/q2*-1;. The molecule has 0 N–H and O–H groups in total. The Balaban J connectivity index is 0.000000230. The predicted octanol–water partition coefficient (Wildman–Crippen LogP) is 10.1. The van der Waals surface area contributed by atoms with Gasteiger partial charge in [-0.1, -0.05) is 73.7 Å². The van der Waals surface area contributed by atoms with E-state index >= 15 is 0 Å². The molecule has 44 heavy (non-hydrogen) atoms. The van der Waals surface area contributed by atoms with Crippen molar-refractivity contribution in [2.75, 3.05) is 0 Å². The van der Waals surface area contributed by atoms with Crippen LogP contribution in [0.25, 0.3) is 55.4 Å². The monoisotopic (exact) mass is 754 g/mol. The van der Waals surface area contributed by atoms with Gasteiger partial charge in [-0.05, 0) is 61.2 Å². The van der Waals surface area contributed by atoms with Crippen molar-refractivity contribution in [3.63, 3.8) is 0 Å². The van der Waals surface area contributed by atoms with Crippen LogP contribution in [0.4, 0.5) is 0 Å². The molecule has 0 spiro atoms. The number of fused-ring (bicyclic) bond motifs is 5. The van der Waals surface area contributed by atoms with Crippen LogP contribution in [0.15, 0.2) is 95.7 Å². The first-order valence-corrected chi connectivity index (χ1v) is 14.7. The molecule has 0 saturated heterocycles. The van der Waals surface area contributed by atoms with Crippen LogP contribution >= 0.6 is 0 Å². The SMILES string of the molecule is Cc1ccc(-c2[c-]cccc2)nc1.Cc1ccc2ccc3c4cc[c-]c(-c5cc(CC(C)(C)C)c(C)cn5)c4oc3c2n1.[Ir]. The molecule has 0 aliphatic heterocycles. The maximum Gasteiger partial charge on any atom is 0.147 e. The van der Waals surface area contributed by atoms with Crippen molar-refractivity contribution < 1.29 is 24.5 Å². The Kier molecular flexibility index (Phi) is 9.10. The number of pyridine rings is 3. The molecule has 0 aliphatic carbocycles. The molecule has 0 fully saturated rings. The van der Waals surface area contributed by atoms with Gasteiger partial charge in [0.1, 0.15) is 11.1 Å². The number of hydrogen-bond donors (Lipinski definition) is 0. The Hall–Kier alpha value is -4.18. The van der Waals surface area contributed by atoms with E-state index in [1.165, 1.54) is 16.7 Å². The van der Waals surface area contributed by atoms with Crippen LogP contribution in [0.3, 0.4) is 0 Å². The van der Waals surface area contributed by atoms with Crippen molar-refractivity contribution in [1.82, 2.24) is 15.0 Å². The quantitative estimate of drug-likeness (QED) is 0.169. The molecule has 0 atom stereocenters. The van der Waals surface area contributed by atoms with Crippen LogP contribution in [0.1, 0.15) is 43.2 Å². The molecule has 0 unspecified atom stereocenters. The second-order valence-corrected chi connectivity index (χ2v) is 12.4. The molecule has 3 aromatic carbocycles. The van der Waals surface area contributed by atoms with Gasteiger partial charge in [0, 0.05) is 49.0 Å². The summed E-state index contributed by atoms with van der Waals surface area (Å²) < 4.78 is 6.44. The molecule has 1 radical (unpaired) electrons. The Morgan fingerprint density at radius 3 is 2.25 bits per heavy atom. The first-order valence-electron chi connectivity index (χ1n) is 14.7. The van der Waals surface area contributed by atoms with Gasteiger partial charge < -0.3 is 14.4 Å². The number of nitrogens with zero attached hydrogens (tertiary/aromatic N) is 3. The Bertz CT molecular complexity index is 2060. The van der Waals surface area contributed by atoms with Crippen molar-refractivity contribution in [1.29, 1.82) is 0 Å². The van der Waals surface area contributed by atoms with Crippen LogP contribution in [0.2, 0.25) is 0 Å². The molecular weight excluding hydrogens is 719 g/mol. The first kappa shape index (κ1) is 31.3. The average Bonchev–Trinajstić information content (AvgIpc) is 3.38. The summed E-state index contributed by atoms with van der Waals surface area (Å²) >= 11 is 0. The second kappa shape index (κ2) is 12.8. The third kappa shape index (κ3) is 6.65. The van der Waals surface area contributed by atoms with Crippen LogP contribution in [-0.2, 0) is 26.5 Å². The van der Waals surface area contributed by atoms with Crippen molar-refractivity contribution in [2.24, 2.45) is 5.41 Å². The number of hydrogen-bond acceptors (Lipinski definition) is 4. The van der Waals surface area contributed by atoms with Crippen LogP contribution in [0.5, 0.6) is 0 Å². The zero-order valence-corrected chi connectivity index (χ0v) is 28.3. The topological polar surface area (TPSA) is 51.8 Å². The maximum atomic E-state index is 6.44. The van der Waals surface area contributed by atoms with Gasteiger partial charge in [-0.2, -0.15) is 0 Å². The molecule has 0 aliphatic rings. The van der Waals surface area contributed by atoms with Gasteiger partial charge in [0.15, 0.2) is 0 Å². The molecule has 0 bridgehead atoms. The molecule has 7 rings (SSSR count). The normalized spacial score (nSPS) is 11.3. The molecule has 0 amide bonds. The first-order chi connectivity index (χ1) is 20.7. The summed E-state index contributed by atoms with van der Waals surface area (Å²) in [5.41, 5.74) is 11.3. The fourth-order valence-corrected chi connectivity index (χ4v) is 5.31. The zero-order valence-electron chi connectivity index (χ0n) is 26.0. The summed E-state index contributed by atoms with van der Waals surface area (Å²) in [5.74, 6) is 0. The molecular formula is C39H35IrN3O-2. The van der Waals surface area contributed by atoms with Gasteiger partial charge in [0.25, 0.3) is 0 Å². The Morgan fingerprint density at radius 2 is 1.52 bits per heavy atom. The smallest absolute Gasteiger partial charge is 0.147 e. The molecule has 4 aromatic heterocycles. The van der Waals surface area contributed by atoms with E-state index in [1.807, 2.05) is 68.7 Å². The average molecular weight is 754 g/mol. The molecule has 5 heteroatoms. The van der Waals surface area contributed by atoms with Gasteiger partial charge in [-0.15, -0.1) is 54.1 Å². The number of benzene rings is 3. The van der Waals surface area contributed by atoms with Gasteiger partial charge in [0.2, 0.25) is 0 Å². The number of furan rings is 1. The third-order valence-electron chi connectivity index (χ3n) is 7.49. The predicted molar refractivity (Wildman–Crippen MR) is 177 cm³/mol. The van der Waals surface area contributed by atoms with Crippen LogP contribution < -0.4 is 0 Å². The minimum absolute atomic E-state index is 0. The van der Waals surface area contributed by atoms with Crippen LogP contribution in [-0.4, -0.2) is 15.0 Å². The van der Waals surface area contributed by atoms with Gasteiger partial charge in [0.05, 0.1) is 5.58 Å². The Labute approximate surface area is 273 Å². The van der Waals surface area contributed by atoms with Crippen molar-refractivity contribution in [2.45, 2.75) is 48.0 Å². The van der Waals surface area contributed by atoms with Gasteiger partial charge in [-0.25, -0.2) is 4.98 Å². The van der Waals surface area contributed by atoms with Gasteiger partial charge >= 0.3 is 0 Å². The number of aryl methyl sites for hydroxylation is 3. The van der Waals surface area contributed by atoms with E-state index in [1.54, 1.807) is 0 Å². The van der Waals surface area contributed by atoms with Crippen molar-refractivity contribution in [3.8, 4) is 22.5 Å². The minimum Gasteiger partial charge on any atom is -0.498 e.